The number of carbonyl (C=O) groups is 1. The average molecular weight is 338 g/mol. The summed E-state index contributed by atoms with van der Waals surface area (Å²) in [6, 6.07) is 10.4. The first-order chi connectivity index (χ1) is 10.9. The Kier molecular flexibility index (Phi) is 5.82. The van der Waals surface area contributed by atoms with Crippen LogP contribution >= 0.6 is 11.6 Å². The van der Waals surface area contributed by atoms with E-state index in [1.165, 1.54) is 24.3 Å². The van der Waals surface area contributed by atoms with Crippen LogP contribution in [-0.2, 0) is 4.79 Å². The lowest BCUT2D eigenvalue weighted by molar-refractivity contribution is -0.118. The fraction of sp³-hybridized carbons (Fsp3) is 0.235. The molecule has 122 valence electrons. The van der Waals surface area contributed by atoms with Crippen LogP contribution in [-0.4, -0.2) is 18.6 Å². The van der Waals surface area contributed by atoms with Crippen LogP contribution in [0.5, 0.6) is 11.5 Å². The van der Waals surface area contributed by atoms with E-state index in [2.05, 4.69) is 5.32 Å². The fourth-order valence-electron chi connectivity index (χ4n) is 1.80. The van der Waals surface area contributed by atoms with Crippen molar-refractivity contribution in [3.63, 3.8) is 0 Å². The second-order valence-corrected chi connectivity index (χ2v) is 5.51. The normalized spacial score (nSPS) is 10.5. The lowest BCUT2D eigenvalue weighted by Crippen LogP contribution is -2.20. The molecule has 0 aliphatic heterocycles. The van der Waals surface area contributed by atoms with E-state index in [0.29, 0.717) is 22.2 Å². The van der Waals surface area contributed by atoms with E-state index >= 15 is 0 Å². The molecular formula is C17H17ClFNO3. The Morgan fingerprint density at radius 3 is 2.52 bits per heavy atom. The van der Waals surface area contributed by atoms with Crippen LogP contribution in [0.1, 0.15) is 13.8 Å². The van der Waals surface area contributed by atoms with Crippen molar-refractivity contribution in [2.75, 3.05) is 11.9 Å². The third-order valence-corrected chi connectivity index (χ3v) is 3.06. The van der Waals surface area contributed by atoms with Gasteiger partial charge in [0, 0.05) is 5.69 Å². The van der Waals surface area contributed by atoms with Crippen LogP contribution in [0.4, 0.5) is 10.1 Å². The molecule has 0 saturated heterocycles. The number of carbonyl (C=O) groups excluding carboxylic acids is 1. The highest BCUT2D eigenvalue weighted by Crippen LogP contribution is 2.28. The standard InChI is InChI=1S/C17H17ClFNO3/c1-11(2)23-16-8-5-13(9-15(16)18)20-17(21)10-22-14-6-3-12(19)4-7-14/h3-9,11H,10H2,1-2H3,(H,20,21). The van der Waals surface area contributed by atoms with Crippen molar-refractivity contribution in [1.82, 2.24) is 0 Å². The smallest absolute Gasteiger partial charge is 0.262 e. The molecule has 2 aromatic rings. The number of hydrogen-bond acceptors (Lipinski definition) is 3. The fourth-order valence-corrected chi connectivity index (χ4v) is 2.03. The molecule has 0 bridgehead atoms. The number of nitrogens with one attached hydrogen (secondary N) is 1. The third-order valence-electron chi connectivity index (χ3n) is 2.76. The summed E-state index contributed by atoms with van der Waals surface area (Å²) in [6.45, 7) is 3.62. The van der Waals surface area contributed by atoms with Crippen LogP contribution in [0.25, 0.3) is 0 Å². The number of anilines is 1. The number of hydrogen-bond donors (Lipinski definition) is 1. The van der Waals surface area contributed by atoms with Gasteiger partial charge in [0.2, 0.25) is 0 Å². The molecular weight excluding hydrogens is 321 g/mol. The summed E-state index contributed by atoms with van der Waals surface area (Å²) in [4.78, 5) is 11.8. The highest BCUT2D eigenvalue weighted by atomic mass is 35.5. The monoisotopic (exact) mass is 337 g/mol. The maximum absolute atomic E-state index is 12.8. The van der Waals surface area contributed by atoms with Gasteiger partial charge in [-0.2, -0.15) is 0 Å². The predicted octanol–water partition coefficient (Wildman–Crippen LogP) is 4.28. The van der Waals surface area contributed by atoms with Crippen molar-refractivity contribution >= 4 is 23.2 Å². The van der Waals surface area contributed by atoms with Crippen molar-refractivity contribution in [1.29, 1.82) is 0 Å². The first kappa shape index (κ1) is 17.1. The summed E-state index contributed by atoms with van der Waals surface area (Å²) in [5.74, 6) is 0.269. The molecule has 0 aliphatic rings. The summed E-state index contributed by atoms with van der Waals surface area (Å²) in [5.41, 5.74) is 0.541. The van der Waals surface area contributed by atoms with Gasteiger partial charge in [-0.05, 0) is 56.3 Å². The molecule has 1 N–H and O–H groups in total. The van der Waals surface area contributed by atoms with E-state index in [1.807, 2.05) is 13.8 Å². The molecule has 0 heterocycles. The van der Waals surface area contributed by atoms with Gasteiger partial charge in [0.1, 0.15) is 17.3 Å². The molecule has 0 unspecified atom stereocenters. The van der Waals surface area contributed by atoms with Crippen LogP contribution in [0.3, 0.4) is 0 Å². The summed E-state index contributed by atoms with van der Waals surface area (Å²) in [7, 11) is 0. The SMILES string of the molecule is CC(C)Oc1ccc(NC(=O)COc2ccc(F)cc2)cc1Cl. The second-order valence-electron chi connectivity index (χ2n) is 5.10. The lowest BCUT2D eigenvalue weighted by Gasteiger charge is -2.13. The van der Waals surface area contributed by atoms with Gasteiger partial charge < -0.3 is 14.8 Å². The summed E-state index contributed by atoms with van der Waals surface area (Å²) < 4.78 is 23.6. The zero-order chi connectivity index (χ0) is 16.8. The third kappa shape index (κ3) is 5.45. The van der Waals surface area contributed by atoms with Gasteiger partial charge in [0.25, 0.3) is 5.91 Å². The van der Waals surface area contributed by atoms with Gasteiger partial charge >= 0.3 is 0 Å². The van der Waals surface area contributed by atoms with Crippen LogP contribution in [0.15, 0.2) is 42.5 Å². The number of benzene rings is 2. The molecule has 2 aromatic carbocycles. The first-order valence-electron chi connectivity index (χ1n) is 7.08. The van der Waals surface area contributed by atoms with E-state index < -0.39 is 0 Å². The van der Waals surface area contributed by atoms with Gasteiger partial charge in [-0.15, -0.1) is 0 Å². The molecule has 0 aliphatic carbocycles. The maximum Gasteiger partial charge on any atom is 0.262 e. The van der Waals surface area contributed by atoms with E-state index in [-0.39, 0.29) is 24.4 Å². The van der Waals surface area contributed by atoms with Crippen molar-refractivity contribution in [2.24, 2.45) is 0 Å². The largest absolute Gasteiger partial charge is 0.489 e. The minimum absolute atomic E-state index is 0.0112. The summed E-state index contributed by atoms with van der Waals surface area (Å²) >= 11 is 6.10. The Morgan fingerprint density at radius 2 is 1.91 bits per heavy atom. The molecule has 4 nitrogen and oxygen atoms in total. The average Bonchev–Trinajstić information content (AvgIpc) is 2.49. The highest BCUT2D eigenvalue weighted by Gasteiger charge is 2.08. The first-order valence-corrected chi connectivity index (χ1v) is 7.46. The molecule has 0 fully saturated rings. The molecule has 0 atom stereocenters. The number of rotatable bonds is 6. The topological polar surface area (TPSA) is 47.6 Å². The van der Waals surface area contributed by atoms with Crippen molar-refractivity contribution in [3.8, 4) is 11.5 Å². The molecule has 2 rings (SSSR count). The van der Waals surface area contributed by atoms with Gasteiger partial charge in [-0.25, -0.2) is 4.39 Å². The van der Waals surface area contributed by atoms with Crippen LogP contribution < -0.4 is 14.8 Å². The van der Waals surface area contributed by atoms with Crippen molar-refractivity contribution in [3.05, 3.63) is 53.3 Å². The van der Waals surface area contributed by atoms with Gasteiger partial charge in [-0.1, -0.05) is 11.6 Å². The molecule has 0 saturated carbocycles. The van der Waals surface area contributed by atoms with E-state index in [4.69, 9.17) is 21.1 Å². The van der Waals surface area contributed by atoms with E-state index in [1.54, 1.807) is 18.2 Å². The van der Waals surface area contributed by atoms with Gasteiger partial charge in [0.15, 0.2) is 6.61 Å². The number of halogens is 2. The van der Waals surface area contributed by atoms with Crippen molar-refractivity contribution < 1.29 is 18.7 Å². The minimum atomic E-state index is -0.361. The van der Waals surface area contributed by atoms with Crippen molar-refractivity contribution in [2.45, 2.75) is 20.0 Å². The quantitative estimate of drug-likeness (QED) is 0.855. The zero-order valence-electron chi connectivity index (χ0n) is 12.8. The number of ether oxygens (including phenoxy) is 2. The molecule has 0 radical (unpaired) electrons. The van der Waals surface area contributed by atoms with Gasteiger partial charge in [-0.3, -0.25) is 4.79 Å². The van der Waals surface area contributed by atoms with E-state index in [0.717, 1.165) is 0 Å². The molecule has 23 heavy (non-hydrogen) atoms. The lowest BCUT2D eigenvalue weighted by atomic mass is 10.3. The molecule has 0 aromatic heterocycles. The molecule has 1 amide bonds. The Balaban J connectivity index is 1.89. The zero-order valence-corrected chi connectivity index (χ0v) is 13.6. The minimum Gasteiger partial charge on any atom is -0.489 e. The Morgan fingerprint density at radius 1 is 1.22 bits per heavy atom. The van der Waals surface area contributed by atoms with Crippen LogP contribution in [0.2, 0.25) is 5.02 Å². The molecule has 6 heteroatoms. The van der Waals surface area contributed by atoms with Crippen LogP contribution in [0, 0.1) is 5.82 Å². The predicted molar refractivity (Wildman–Crippen MR) is 87.7 cm³/mol. The number of amides is 1. The Bertz CT molecular complexity index is 674. The Labute approximate surface area is 139 Å². The summed E-state index contributed by atoms with van der Waals surface area (Å²) in [6.07, 6.45) is 0.0112. The highest BCUT2D eigenvalue weighted by molar-refractivity contribution is 6.32. The molecule has 0 spiro atoms. The summed E-state index contributed by atoms with van der Waals surface area (Å²) in [5, 5.41) is 3.08. The maximum atomic E-state index is 12.8. The second kappa shape index (κ2) is 7.83. The Hall–Kier alpha value is -2.27. The van der Waals surface area contributed by atoms with Gasteiger partial charge in [0.05, 0.1) is 11.1 Å². The van der Waals surface area contributed by atoms with E-state index in [9.17, 15) is 9.18 Å².